The molecule has 0 radical (unpaired) electrons. The van der Waals surface area contributed by atoms with Gasteiger partial charge in [0.25, 0.3) is 0 Å². The minimum atomic E-state index is -1.18. The van der Waals surface area contributed by atoms with Crippen LogP contribution in [0.5, 0.6) is 0 Å². The topological polar surface area (TPSA) is 104 Å². The Hall–Kier alpha value is -1.24. The number of carbonyl (C=O) groups is 2. The molecule has 0 saturated heterocycles. The molecule has 3 N–H and O–H groups in total. The van der Waals surface area contributed by atoms with Crippen molar-refractivity contribution in [1.82, 2.24) is 0 Å². The van der Waals surface area contributed by atoms with Gasteiger partial charge in [-0.15, -0.1) is 0 Å². The van der Waals surface area contributed by atoms with Gasteiger partial charge in [0, 0.05) is 17.9 Å². The van der Waals surface area contributed by atoms with Gasteiger partial charge in [0.2, 0.25) is 0 Å². The van der Waals surface area contributed by atoms with Crippen LogP contribution in [0.4, 0.5) is 0 Å². The molecule has 6 nitrogen and oxygen atoms in total. The Morgan fingerprint density at radius 3 is 2.52 bits per heavy atom. The third kappa shape index (κ3) is 2.34. The highest BCUT2D eigenvalue weighted by molar-refractivity contribution is 5.85. The molecule has 0 aromatic rings. The fourth-order valence-corrected chi connectivity index (χ4v) is 8.34. The van der Waals surface area contributed by atoms with Crippen LogP contribution < -0.4 is 0 Å². The second-order valence-corrected chi connectivity index (χ2v) is 10.6. The Kier molecular flexibility index (Phi) is 4.18. The van der Waals surface area contributed by atoms with E-state index < -0.39 is 22.7 Å². The lowest BCUT2D eigenvalue weighted by Crippen LogP contribution is -2.68. The smallest absolute Gasteiger partial charge is 0.331 e. The predicted octanol–water partition coefficient (Wildman–Crippen LogP) is 1.90. The normalized spacial score (nSPS) is 54.1. The molecule has 0 spiro atoms. The van der Waals surface area contributed by atoms with E-state index in [0.717, 1.165) is 31.1 Å². The molecule has 5 aliphatic rings. The number of aldehydes is 1. The molecule has 160 valence electrons. The van der Waals surface area contributed by atoms with Gasteiger partial charge in [-0.25, -0.2) is 4.79 Å². The third-order valence-electron chi connectivity index (χ3n) is 9.85. The zero-order valence-corrected chi connectivity index (χ0v) is 17.1. The van der Waals surface area contributed by atoms with Crippen molar-refractivity contribution in [3.8, 4) is 0 Å². The lowest BCUT2D eigenvalue weighted by Gasteiger charge is -2.65. The van der Waals surface area contributed by atoms with E-state index in [1.165, 1.54) is 0 Å². The van der Waals surface area contributed by atoms with Gasteiger partial charge in [0.15, 0.2) is 0 Å². The first kappa shape index (κ1) is 19.7. The molecule has 0 bridgehead atoms. The van der Waals surface area contributed by atoms with Gasteiger partial charge in [0.05, 0.1) is 22.7 Å². The van der Waals surface area contributed by atoms with E-state index in [2.05, 4.69) is 6.92 Å². The van der Waals surface area contributed by atoms with E-state index in [0.29, 0.717) is 38.7 Å². The molecule has 1 heterocycles. The lowest BCUT2D eigenvalue weighted by molar-refractivity contribution is -0.248. The van der Waals surface area contributed by atoms with Gasteiger partial charge >= 0.3 is 5.97 Å². The average molecular weight is 405 g/mol. The molecule has 0 aromatic heterocycles. The van der Waals surface area contributed by atoms with Crippen LogP contribution >= 0.6 is 0 Å². The maximum absolute atomic E-state index is 12.5. The Morgan fingerprint density at radius 2 is 1.83 bits per heavy atom. The molecule has 4 aliphatic carbocycles. The maximum Gasteiger partial charge on any atom is 0.331 e. The van der Waals surface area contributed by atoms with Crippen LogP contribution in [-0.2, 0) is 14.3 Å². The average Bonchev–Trinajstić information content (AvgIpc) is 3.21. The van der Waals surface area contributed by atoms with Gasteiger partial charge < -0.3 is 24.9 Å². The zero-order valence-electron chi connectivity index (χ0n) is 17.1. The van der Waals surface area contributed by atoms with Crippen LogP contribution in [0.15, 0.2) is 11.6 Å². The molecule has 6 heteroatoms. The molecular weight excluding hydrogens is 372 g/mol. The highest BCUT2D eigenvalue weighted by atomic mass is 16.5. The van der Waals surface area contributed by atoms with Crippen molar-refractivity contribution in [2.75, 3.05) is 6.61 Å². The van der Waals surface area contributed by atoms with Gasteiger partial charge in [-0.2, -0.15) is 0 Å². The lowest BCUT2D eigenvalue weighted by atomic mass is 9.41. The molecule has 29 heavy (non-hydrogen) atoms. The number of esters is 1. The number of aliphatic hydroxyl groups is 3. The Labute approximate surface area is 171 Å². The van der Waals surface area contributed by atoms with Crippen molar-refractivity contribution in [3.63, 3.8) is 0 Å². The first-order valence-corrected chi connectivity index (χ1v) is 11.2. The highest BCUT2D eigenvalue weighted by Crippen LogP contribution is 2.70. The summed E-state index contributed by atoms with van der Waals surface area (Å²) in [5, 5.41) is 33.7. The number of fused-ring (bicyclic) bond motifs is 5. The van der Waals surface area contributed by atoms with Crippen molar-refractivity contribution in [1.29, 1.82) is 0 Å². The van der Waals surface area contributed by atoms with E-state index in [1.54, 1.807) is 6.08 Å². The van der Waals surface area contributed by atoms with Crippen molar-refractivity contribution in [2.24, 2.45) is 28.6 Å². The summed E-state index contributed by atoms with van der Waals surface area (Å²) in [5.74, 6) is -0.304. The van der Waals surface area contributed by atoms with Crippen LogP contribution in [0, 0.1) is 28.6 Å². The van der Waals surface area contributed by atoms with Crippen molar-refractivity contribution < 1.29 is 29.6 Å². The van der Waals surface area contributed by atoms with Crippen molar-refractivity contribution in [2.45, 2.75) is 82.0 Å². The van der Waals surface area contributed by atoms with Crippen LogP contribution in [-0.4, -0.2) is 51.5 Å². The summed E-state index contributed by atoms with van der Waals surface area (Å²) in [6.07, 6.45) is 7.36. The second-order valence-electron chi connectivity index (χ2n) is 10.6. The minimum Gasteiger partial charge on any atom is -0.458 e. The van der Waals surface area contributed by atoms with E-state index >= 15 is 0 Å². The maximum atomic E-state index is 12.5. The molecule has 0 aromatic carbocycles. The number of aliphatic hydroxyl groups excluding tert-OH is 1. The molecule has 5 rings (SSSR count). The number of ether oxygens (including phenoxy) is 1. The number of cyclic esters (lactones) is 1. The van der Waals surface area contributed by atoms with E-state index in [1.807, 2.05) is 0 Å². The fraction of sp³-hybridized carbons (Fsp3) is 0.826. The summed E-state index contributed by atoms with van der Waals surface area (Å²) in [5.41, 5.74) is -2.34. The van der Waals surface area contributed by atoms with E-state index in [4.69, 9.17) is 4.74 Å². The van der Waals surface area contributed by atoms with Gasteiger partial charge in [-0.3, -0.25) is 0 Å². The number of hydrogen-bond acceptors (Lipinski definition) is 6. The Bertz CT molecular complexity index is 777. The quantitative estimate of drug-likeness (QED) is 0.480. The predicted molar refractivity (Wildman–Crippen MR) is 104 cm³/mol. The van der Waals surface area contributed by atoms with Crippen LogP contribution in [0.1, 0.15) is 64.7 Å². The molecule has 4 fully saturated rings. The number of rotatable bonds is 2. The second kappa shape index (κ2) is 6.14. The molecule has 1 aliphatic heterocycles. The molecule has 4 saturated carbocycles. The standard InChI is InChI=1S/C23H32O6/c1-20-6-3-17-18(4-8-22(27)11-15(25)2-7-21(17,22)13-24)23(20,28)9-5-16(20)14-10-19(26)29-12-14/h10,13,15-18,25,27-28H,2-9,11-12H2,1H3/t15-,16?,17+,18-,20?,21?,22?,23?/m1/s1. The summed E-state index contributed by atoms with van der Waals surface area (Å²) in [4.78, 5) is 24.1. The first-order valence-electron chi connectivity index (χ1n) is 11.2. The zero-order chi connectivity index (χ0) is 20.7. The van der Waals surface area contributed by atoms with Crippen LogP contribution in [0.3, 0.4) is 0 Å². The summed E-state index contributed by atoms with van der Waals surface area (Å²) < 4.78 is 5.15. The molecule has 8 atom stereocenters. The molecule has 5 unspecified atom stereocenters. The largest absolute Gasteiger partial charge is 0.458 e. The monoisotopic (exact) mass is 404 g/mol. The van der Waals surface area contributed by atoms with Gasteiger partial charge in [-0.1, -0.05) is 6.92 Å². The SMILES string of the molecule is CC12CC[C@H]3[C@@H](CCC4(O)C[C@H](O)CCC34C=O)C1(O)CCC2C1=CC(=O)OC1. The Morgan fingerprint density at radius 1 is 1.07 bits per heavy atom. The van der Waals surface area contributed by atoms with Crippen molar-refractivity contribution in [3.05, 3.63) is 11.6 Å². The summed E-state index contributed by atoms with van der Waals surface area (Å²) in [6, 6.07) is 0. The summed E-state index contributed by atoms with van der Waals surface area (Å²) in [7, 11) is 0. The van der Waals surface area contributed by atoms with E-state index in [-0.39, 0.29) is 35.6 Å². The highest BCUT2D eigenvalue weighted by Gasteiger charge is 2.71. The third-order valence-corrected chi connectivity index (χ3v) is 9.85. The Balaban J connectivity index is 1.52. The van der Waals surface area contributed by atoms with E-state index in [9.17, 15) is 24.9 Å². The summed E-state index contributed by atoms with van der Waals surface area (Å²) in [6.45, 7) is 2.46. The van der Waals surface area contributed by atoms with Gasteiger partial charge in [-0.05, 0) is 74.7 Å². The van der Waals surface area contributed by atoms with Gasteiger partial charge in [0.1, 0.15) is 12.9 Å². The molecular formula is C23H32O6. The molecule has 0 amide bonds. The number of carbonyl (C=O) groups excluding carboxylic acids is 2. The first-order chi connectivity index (χ1) is 13.7. The summed E-state index contributed by atoms with van der Waals surface area (Å²) >= 11 is 0. The fourth-order valence-electron chi connectivity index (χ4n) is 8.34. The van der Waals surface area contributed by atoms with Crippen LogP contribution in [0.25, 0.3) is 0 Å². The van der Waals surface area contributed by atoms with Crippen LogP contribution in [0.2, 0.25) is 0 Å². The van der Waals surface area contributed by atoms with Crippen molar-refractivity contribution >= 4 is 12.3 Å². The minimum absolute atomic E-state index is 0.0504. The number of hydrogen-bond donors (Lipinski definition) is 3.